The number of aromatic nitrogens is 4. The summed E-state index contributed by atoms with van der Waals surface area (Å²) >= 11 is 6.61. The first kappa shape index (κ1) is 27.4. The lowest BCUT2D eigenvalue weighted by molar-refractivity contribution is -0.113. The molecule has 1 aliphatic heterocycles. The summed E-state index contributed by atoms with van der Waals surface area (Å²) in [5.41, 5.74) is 2.96. The van der Waals surface area contributed by atoms with Gasteiger partial charge in [0.1, 0.15) is 22.6 Å². The van der Waals surface area contributed by atoms with Crippen LogP contribution in [-0.4, -0.2) is 29.0 Å². The average molecular weight is 596 g/mol. The Hall–Kier alpha value is -4.74. The fraction of sp³-hybridized carbons (Fsp3) is 0.129. The third-order valence-corrected chi connectivity index (χ3v) is 8.40. The second-order valence-corrected chi connectivity index (χ2v) is 11.5. The second-order valence-electron chi connectivity index (χ2n) is 9.86. The number of fused-ring (bicyclic) bond motifs is 1. The summed E-state index contributed by atoms with van der Waals surface area (Å²) in [5.74, 6) is 0.0470. The summed E-state index contributed by atoms with van der Waals surface area (Å²) in [6.07, 6.45) is 3.07. The lowest BCUT2D eigenvalue weighted by atomic mass is 10.2. The van der Waals surface area contributed by atoms with Crippen LogP contribution in [0.4, 0.5) is 5.69 Å². The predicted octanol–water partition coefficient (Wildman–Crippen LogP) is 5.31. The minimum Gasteiger partial charge on any atom is -0.438 e. The van der Waals surface area contributed by atoms with E-state index in [0.29, 0.717) is 22.8 Å². The lowest BCUT2D eigenvalue weighted by Crippen LogP contribution is -2.33. The standard InChI is InChI=1S/C31H25N5O4S2/c1-18-12-14-22(15-13-18)40-27-23(28(37)34-16-8-9-19(2)26(34)32-27)17-24-29(38)35(31(41)42-24)25-20(3)33(4)36(30(25)39)21-10-6-5-7-11-21/h5-17H,1-4H3/b24-17-. The average Bonchev–Trinajstić information content (AvgIpc) is 3.37. The van der Waals surface area contributed by atoms with Crippen LogP contribution in [-0.2, 0) is 11.8 Å². The van der Waals surface area contributed by atoms with E-state index in [1.165, 1.54) is 20.1 Å². The first-order chi connectivity index (χ1) is 20.2. The number of anilines is 1. The maximum atomic E-state index is 13.8. The molecular formula is C31H25N5O4S2. The molecule has 0 unspecified atom stereocenters. The summed E-state index contributed by atoms with van der Waals surface area (Å²) in [7, 11) is 1.75. The number of aryl methyl sites for hydroxylation is 2. The Labute approximate surface area is 250 Å². The molecule has 0 atom stereocenters. The van der Waals surface area contributed by atoms with E-state index in [2.05, 4.69) is 4.98 Å². The number of pyridine rings is 1. The van der Waals surface area contributed by atoms with Gasteiger partial charge in [-0.15, -0.1) is 0 Å². The van der Waals surface area contributed by atoms with Crippen LogP contribution in [0, 0.1) is 20.8 Å². The van der Waals surface area contributed by atoms with Crippen molar-refractivity contribution in [2.75, 3.05) is 4.90 Å². The third kappa shape index (κ3) is 4.56. The highest BCUT2D eigenvalue weighted by molar-refractivity contribution is 8.27. The van der Waals surface area contributed by atoms with Crippen molar-refractivity contribution in [2.24, 2.45) is 7.05 Å². The van der Waals surface area contributed by atoms with Crippen molar-refractivity contribution in [3.63, 3.8) is 0 Å². The Morgan fingerprint density at radius 3 is 2.33 bits per heavy atom. The summed E-state index contributed by atoms with van der Waals surface area (Å²) in [6.45, 7) is 5.57. The molecule has 0 radical (unpaired) electrons. The highest BCUT2D eigenvalue weighted by Gasteiger charge is 2.38. The number of para-hydroxylation sites is 1. The number of ether oxygens (including phenoxy) is 1. The largest absolute Gasteiger partial charge is 0.438 e. The number of nitrogens with zero attached hydrogens (tertiary/aromatic N) is 5. The number of amides is 1. The zero-order valence-corrected chi connectivity index (χ0v) is 24.8. The minimum absolute atomic E-state index is 0.0609. The minimum atomic E-state index is -0.508. The molecule has 0 spiro atoms. The van der Waals surface area contributed by atoms with Crippen LogP contribution in [0.3, 0.4) is 0 Å². The summed E-state index contributed by atoms with van der Waals surface area (Å²) in [6, 6.07) is 20.1. The molecule has 1 aliphatic rings. The first-order valence-electron chi connectivity index (χ1n) is 13.0. The van der Waals surface area contributed by atoms with E-state index in [9.17, 15) is 14.4 Å². The van der Waals surface area contributed by atoms with Gasteiger partial charge in [0.15, 0.2) is 4.32 Å². The van der Waals surface area contributed by atoms with E-state index in [4.69, 9.17) is 17.0 Å². The fourth-order valence-electron chi connectivity index (χ4n) is 4.81. The molecule has 4 heterocycles. The van der Waals surface area contributed by atoms with Crippen LogP contribution in [0.25, 0.3) is 17.4 Å². The molecule has 1 fully saturated rings. The third-order valence-electron chi connectivity index (χ3n) is 7.10. The molecule has 0 bridgehead atoms. The van der Waals surface area contributed by atoms with Crippen molar-refractivity contribution < 1.29 is 9.53 Å². The van der Waals surface area contributed by atoms with Gasteiger partial charge in [0.25, 0.3) is 17.0 Å². The van der Waals surface area contributed by atoms with E-state index in [0.717, 1.165) is 22.9 Å². The molecular weight excluding hydrogens is 571 g/mol. The van der Waals surface area contributed by atoms with Crippen molar-refractivity contribution in [2.45, 2.75) is 20.8 Å². The Morgan fingerprint density at radius 2 is 1.62 bits per heavy atom. The number of thiocarbonyl (C=S) groups is 1. The smallest absolute Gasteiger partial charge is 0.296 e. The quantitative estimate of drug-likeness (QED) is 0.201. The van der Waals surface area contributed by atoms with Crippen LogP contribution >= 0.6 is 24.0 Å². The Balaban J connectivity index is 1.47. The number of thioether (sulfide) groups is 1. The van der Waals surface area contributed by atoms with Crippen molar-refractivity contribution >= 4 is 51.6 Å². The van der Waals surface area contributed by atoms with Crippen LogP contribution in [0.15, 0.2) is 87.4 Å². The first-order valence-corrected chi connectivity index (χ1v) is 14.3. The van der Waals surface area contributed by atoms with Crippen LogP contribution in [0.5, 0.6) is 11.6 Å². The lowest BCUT2D eigenvalue weighted by Gasteiger charge is -2.13. The van der Waals surface area contributed by atoms with E-state index < -0.39 is 11.5 Å². The molecule has 0 aliphatic carbocycles. The summed E-state index contributed by atoms with van der Waals surface area (Å²) in [5, 5.41) is 0. The topological polar surface area (TPSA) is 90.8 Å². The number of benzene rings is 2. The molecule has 0 saturated carbocycles. The van der Waals surface area contributed by atoms with Gasteiger partial charge in [0.05, 0.1) is 16.3 Å². The monoisotopic (exact) mass is 595 g/mol. The van der Waals surface area contributed by atoms with Crippen molar-refractivity contribution in [3.05, 3.63) is 121 Å². The second kappa shape index (κ2) is 10.6. The maximum Gasteiger partial charge on any atom is 0.296 e. The van der Waals surface area contributed by atoms with Crippen molar-refractivity contribution in [3.8, 4) is 17.3 Å². The SMILES string of the molecule is Cc1ccc(Oc2nc3c(C)cccn3c(=O)c2/C=C2\SC(=S)N(c3c(C)n(C)n(-c4ccccc4)c3=O)C2=O)cc1. The van der Waals surface area contributed by atoms with Gasteiger partial charge in [-0.05, 0) is 62.7 Å². The Bertz CT molecular complexity index is 2060. The van der Waals surface area contributed by atoms with Gasteiger partial charge in [-0.3, -0.25) is 28.4 Å². The van der Waals surface area contributed by atoms with E-state index in [1.807, 2.05) is 62.4 Å². The predicted molar refractivity (Wildman–Crippen MR) is 169 cm³/mol. The molecule has 9 nitrogen and oxygen atoms in total. The van der Waals surface area contributed by atoms with Gasteiger partial charge in [-0.25, -0.2) is 4.68 Å². The molecule has 210 valence electrons. The molecule has 1 saturated heterocycles. The Morgan fingerprint density at radius 1 is 0.905 bits per heavy atom. The number of carbonyl (C=O) groups excluding carboxylic acids is 1. The number of carbonyl (C=O) groups is 1. The highest BCUT2D eigenvalue weighted by atomic mass is 32.2. The van der Waals surface area contributed by atoms with E-state index in [-0.39, 0.29) is 31.9 Å². The number of rotatable bonds is 5. The molecule has 1 amide bonds. The van der Waals surface area contributed by atoms with Gasteiger partial charge in [-0.1, -0.05) is 65.9 Å². The maximum absolute atomic E-state index is 13.8. The van der Waals surface area contributed by atoms with E-state index >= 15 is 0 Å². The summed E-state index contributed by atoms with van der Waals surface area (Å²) < 4.78 is 10.9. The number of hydrogen-bond acceptors (Lipinski definition) is 7. The normalized spacial score (nSPS) is 14.4. The Kier molecular flexibility index (Phi) is 6.91. The van der Waals surface area contributed by atoms with Gasteiger partial charge in [-0.2, -0.15) is 4.98 Å². The van der Waals surface area contributed by atoms with Gasteiger partial charge in [0.2, 0.25) is 5.88 Å². The molecule has 0 N–H and O–H groups in total. The van der Waals surface area contributed by atoms with Crippen molar-refractivity contribution in [1.82, 2.24) is 18.7 Å². The number of hydrogen-bond donors (Lipinski definition) is 0. The fourth-order valence-corrected chi connectivity index (χ4v) is 6.07. The molecule has 6 rings (SSSR count). The van der Waals surface area contributed by atoms with Crippen LogP contribution in [0.1, 0.15) is 22.4 Å². The van der Waals surface area contributed by atoms with E-state index in [1.54, 1.807) is 43.0 Å². The summed E-state index contributed by atoms with van der Waals surface area (Å²) in [4.78, 5) is 47.3. The molecule has 11 heteroatoms. The van der Waals surface area contributed by atoms with Crippen LogP contribution in [0.2, 0.25) is 0 Å². The highest BCUT2D eigenvalue weighted by Crippen LogP contribution is 2.37. The molecule has 3 aromatic heterocycles. The van der Waals surface area contributed by atoms with Gasteiger partial charge >= 0.3 is 0 Å². The molecule has 42 heavy (non-hydrogen) atoms. The zero-order chi connectivity index (χ0) is 29.7. The zero-order valence-electron chi connectivity index (χ0n) is 23.2. The van der Waals surface area contributed by atoms with Crippen LogP contribution < -0.4 is 20.8 Å². The molecule has 5 aromatic rings. The molecule has 2 aromatic carbocycles. The van der Waals surface area contributed by atoms with Gasteiger partial charge in [0, 0.05) is 13.2 Å². The van der Waals surface area contributed by atoms with Crippen molar-refractivity contribution in [1.29, 1.82) is 0 Å². The van der Waals surface area contributed by atoms with Gasteiger partial charge < -0.3 is 4.74 Å².